The summed E-state index contributed by atoms with van der Waals surface area (Å²) in [6.07, 6.45) is 1.47. The summed E-state index contributed by atoms with van der Waals surface area (Å²) in [5.74, 6) is -0.0228. The first-order valence-corrected chi connectivity index (χ1v) is 5.06. The maximum Gasteiger partial charge on any atom is 0.124 e. The van der Waals surface area contributed by atoms with Crippen molar-refractivity contribution in [3.05, 3.63) is 24.4 Å². The van der Waals surface area contributed by atoms with E-state index < -0.39 is 0 Å². The molecule has 0 fully saturated rings. The van der Waals surface area contributed by atoms with Gasteiger partial charge in [-0.05, 0) is 12.1 Å². The summed E-state index contributed by atoms with van der Waals surface area (Å²) in [4.78, 5) is 0. The Morgan fingerprint density at radius 2 is 2.06 bits per heavy atom. The van der Waals surface area contributed by atoms with Crippen molar-refractivity contribution in [2.75, 3.05) is 18.1 Å². The molecule has 89 valence electrons. The van der Waals surface area contributed by atoms with E-state index in [1.54, 1.807) is 6.07 Å². The molecule has 1 aromatic heterocycles. The maximum atomic E-state index is 9.42. The normalized spacial score (nSPS) is 10.6. The second-order valence-corrected chi connectivity index (χ2v) is 3.57. The molecule has 17 heavy (non-hydrogen) atoms. The Hall–Kier alpha value is -2.21. The molecule has 2 aromatic rings. The van der Waals surface area contributed by atoms with E-state index in [1.165, 1.54) is 16.9 Å². The van der Waals surface area contributed by atoms with Gasteiger partial charge in [-0.3, -0.25) is 4.68 Å². The van der Waals surface area contributed by atoms with Gasteiger partial charge in [0, 0.05) is 17.3 Å². The molecule has 0 atom stereocenters. The largest absolute Gasteiger partial charge is 0.507 e. The van der Waals surface area contributed by atoms with Crippen LogP contribution in [0.15, 0.2) is 18.3 Å². The summed E-state index contributed by atoms with van der Waals surface area (Å²) in [6, 6.07) is 5.74. The fourth-order valence-electron chi connectivity index (χ4n) is 1.63. The standard InChI is InChI=1S/C11H13N4O2/c12-9-2-1-7(17)5-8(9)11-10(13)6-14-15(11)3-4-16/h1-2,6,16-17H,3-4,12-13H2. The molecule has 0 saturated heterocycles. The lowest BCUT2D eigenvalue weighted by Crippen LogP contribution is -2.07. The van der Waals surface area contributed by atoms with Crippen molar-refractivity contribution in [2.45, 2.75) is 6.54 Å². The van der Waals surface area contributed by atoms with Crippen LogP contribution in [0.4, 0.5) is 11.4 Å². The smallest absolute Gasteiger partial charge is 0.124 e. The summed E-state index contributed by atoms with van der Waals surface area (Å²) in [5, 5.41) is 22.4. The number of hydrogen-bond acceptors (Lipinski definition) is 5. The first-order valence-electron chi connectivity index (χ1n) is 5.06. The number of benzene rings is 1. The average Bonchev–Trinajstić information content (AvgIpc) is 2.64. The van der Waals surface area contributed by atoms with E-state index in [0.29, 0.717) is 29.2 Å². The van der Waals surface area contributed by atoms with E-state index >= 15 is 0 Å². The Balaban J connectivity index is 2.58. The van der Waals surface area contributed by atoms with Gasteiger partial charge in [-0.2, -0.15) is 5.10 Å². The lowest BCUT2D eigenvalue weighted by Gasteiger charge is -2.09. The molecule has 6 N–H and O–H groups in total. The Bertz CT molecular complexity index is 536. The van der Waals surface area contributed by atoms with E-state index in [9.17, 15) is 5.11 Å². The molecule has 0 unspecified atom stereocenters. The molecule has 0 amide bonds. The highest BCUT2D eigenvalue weighted by Gasteiger charge is 2.14. The number of phenols is 1. The number of hydrogen-bond donors (Lipinski definition) is 4. The number of nitrogens with two attached hydrogens (primary N) is 2. The van der Waals surface area contributed by atoms with Gasteiger partial charge in [0.25, 0.3) is 0 Å². The van der Waals surface area contributed by atoms with Crippen LogP contribution in [0.25, 0.3) is 11.3 Å². The molecule has 1 heterocycles. The Morgan fingerprint density at radius 1 is 1.29 bits per heavy atom. The van der Waals surface area contributed by atoms with Gasteiger partial charge in [0.05, 0.1) is 30.7 Å². The molecule has 0 aliphatic heterocycles. The molecular weight excluding hydrogens is 220 g/mol. The lowest BCUT2D eigenvalue weighted by atomic mass is 10.1. The molecule has 0 aliphatic rings. The minimum Gasteiger partial charge on any atom is -0.507 e. The predicted octanol–water partition coefficient (Wildman–Crippen LogP) is 0.213. The highest BCUT2D eigenvalue weighted by molar-refractivity contribution is 5.81. The van der Waals surface area contributed by atoms with E-state index in [1.807, 2.05) is 0 Å². The van der Waals surface area contributed by atoms with Crippen LogP contribution >= 0.6 is 0 Å². The first kappa shape index (κ1) is 11.3. The Morgan fingerprint density at radius 3 is 2.76 bits per heavy atom. The van der Waals surface area contributed by atoms with E-state index in [-0.39, 0.29) is 12.4 Å². The van der Waals surface area contributed by atoms with Crippen molar-refractivity contribution >= 4 is 11.4 Å². The molecule has 2 rings (SSSR count). The van der Waals surface area contributed by atoms with Gasteiger partial charge in [0.2, 0.25) is 0 Å². The third kappa shape index (κ3) is 2.02. The number of anilines is 2. The van der Waals surface area contributed by atoms with Crippen molar-refractivity contribution < 1.29 is 10.2 Å². The van der Waals surface area contributed by atoms with Gasteiger partial charge in [-0.1, -0.05) is 0 Å². The summed E-state index contributed by atoms with van der Waals surface area (Å²) in [7, 11) is 0. The third-order valence-corrected chi connectivity index (χ3v) is 2.38. The highest BCUT2D eigenvalue weighted by atomic mass is 16.3. The van der Waals surface area contributed by atoms with Crippen LogP contribution in [0.5, 0.6) is 5.75 Å². The van der Waals surface area contributed by atoms with Gasteiger partial charge in [0.15, 0.2) is 0 Å². The van der Waals surface area contributed by atoms with Gasteiger partial charge >= 0.3 is 0 Å². The van der Waals surface area contributed by atoms with E-state index in [0.717, 1.165) is 0 Å². The van der Waals surface area contributed by atoms with Crippen molar-refractivity contribution in [1.29, 1.82) is 0 Å². The number of aromatic hydroxyl groups is 1. The quantitative estimate of drug-likeness (QED) is 0.447. The Labute approximate surface area is 98.1 Å². The summed E-state index contributed by atoms with van der Waals surface area (Å²) in [6.45, 7) is 0.238. The van der Waals surface area contributed by atoms with Crippen LogP contribution in [0.2, 0.25) is 0 Å². The fourth-order valence-corrected chi connectivity index (χ4v) is 1.63. The molecule has 0 aliphatic carbocycles. The van der Waals surface area contributed by atoms with Crippen LogP contribution in [0, 0.1) is 6.07 Å². The molecular formula is C11H13N4O2. The monoisotopic (exact) mass is 233 g/mol. The van der Waals surface area contributed by atoms with Crippen molar-refractivity contribution in [3.63, 3.8) is 0 Å². The van der Waals surface area contributed by atoms with Gasteiger partial charge in [-0.25, -0.2) is 0 Å². The van der Waals surface area contributed by atoms with Crippen LogP contribution < -0.4 is 11.5 Å². The Kier molecular flexibility index (Phi) is 2.88. The average molecular weight is 233 g/mol. The van der Waals surface area contributed by atoms with Gasteiger partial charge < -0.3 is 21.7 Å². The van der Waals surface area contributed by atoms with Crippen molar-refractivity contribution in [1.82, 2.24) is 9.78 Å². The van der Waals surface area contributed by atoms with Crippen LogP contribution in [-0.2, 0) is 6.54 Å². The minimum absolute atomic E-state index is 0.0228. The van der Waals surface area contributed by atoms with Gasteiger partial charge in [0.1, 0.15) is 5.75 Å². The zero-order chi connectivity index (χ0) is 12.4. The fraction of sp³-hybridized carbons (Fsp3) is 0.182. The number of phenolic OH excluding ortho intramolecular Hbond substituents is 1. The third-order valence-electron chi connectivity index (χ3n) is 2.38. The van der Waals surface area contributed by atoms with Crippen LogP contribution in [-0.4, -0.2) is 26.6 Å². The molecule has 6 heteroatoms. The highest BCUT2D eigenvalue weighted by Crippen LogP contribution is 2.32. The lowest BCUT2D eigenvalue weighted by molar-refractivity contribution is 0.270. The number of rotatable bonds is 3. The second-order valence-electron chi connectivity index (χ2n) is 3.57. The SMILES string of the molecule is Nc1ccc(O)[c]c1-c1c(N)cnn1CCO. The molecule has 0 spiro atoms. The zero-order valence-electron chi connectivity index (χ0n) is 9.09. The van der Waals surface area contributed by atoms with Crippen molar-refractivity contribution in [3.8, 4) is 17.0 Å². The van der Waals surface area contributed by atoms with Crippen molar-refractivity contribution in [2.24, 2.45) is 0 Å². The molecule has 0 bridgehead atoms. The number of nitrogen functional groups attached to an aromatic ring is 2. The molecule has 0 saturated carbocycles. The topological polar surface area (TPSA) is 110 Å². The minimum atomic E-state index is -0.0627. The number of aliphatic hydroxyl groups is 1. The zero-order valence-corrected chi connectivity index (χ0v) is 9.09. The number of aromatic nitrogens is 2. The maximum absolute atomic E-state index is 9.42. The predicted molar refractivity (Wildman–Crippen MR) is 64.1 cm³/mol. The van der Waals surface area contributed by atoms with E-state index in [2.05, 4.69) is 11.2 Å². The van der Waals surface area contributed by atoms with Crippen LogP contribution in [0.3, 0.4) is 0 Å². The summed E-state index contributed by atoms with van der Waals surface area (Å²) in [5.41, 5.74) is 13.5. The van der Waals surface area contributed by atoms with E-state index in [4.69, 9.17) is 16.6 Å². The first-order chi connectivity index (χ1) is 8.13. The van der Waals surface area contributed by atoms with Crippen LogP contribution in [0.1, 0.15) is 0 Å². The number of nitrogens with zero attached hydrogens (tertiary/aromatic N) is 2. The number of aliphatic hydroxyl groups excluding tert-OH is 1. The summed E-state index contributed by atoms with van der Waals surface area (Å²) >= 11 is 0. The second kappa shape index (κ2) is 4.34. The van der Waals surface area contributed by atoms with Gasteiger partial charge in [-0.15, -0.1) is 0 Å². The molecule has 6 nitrogen and oxygen atoms in total. The summed E-state index contributed by atoms with van der Waals surface area (Å²) < 4.78 is 1.52. The molecule has 1 aromatic carbocycles. The molecule has 1 radical (unpaired) electrons.